The molecule has 5 heteroatoms. The molecule has 2 aromatic rings. The zero-order valence-electron chi connectivity index (χ0n) is 11.7. The summed E-state index contributed by atoms with van der Waals surface area (Å²) in [5.74, 6) is -0.0412. The zero-order chi connectivity index (χ0) is 15.2. The number of carbonyl (C=O) groups is 1. The van der Waals surface area contributed by atoms with Crippen molar-refractivity contribution in [2.45, 2.75) is 19.9 Å². The van der Waals surface area contributed by atoms with Crippen molar-refractivity contribution in [2.24, 2.45) is 0 Å². The molecule has 0 unspecified atom stereocenters. The first kappa shape index (κ1) is 14.7. The molecule has 0 radical (unpaired) electrons. The van der Waals surface area contributed by atoms with E-state index in [1.807, 2.05) is 30.3 Å². The average molecular weight is 284 g/mol. The predicted molar refractivity (Wildman–Crippen MR) is 81.5 cm³/mol. The van der Waals surface area contributed by atoms with Crippen LogP contribution in [0.25, 0.3) is 0 Å². The monoisotopic (exact) mass is 284 g/mol. The number of anilines is 1. The quantitative estimate of drug-likeness (QED) is 0.497. The van der Waals surface area contributed by atoms with E-state index in [4.69, 9.17) is 0 Å². The number of non-ortho nitro benzene ring substituents is 1. The molecule has 0 saturated heterocycles. The van der Waals surface area contributed by atoms with Crippen LogP contribution >= 0.6 is 0 Å². The summed E-state index contributed by atoms with van der Waals surface area (Å²) in [7, 11) is 0. The van der Waals surface area contributed by atoms with E-state index < -0.39 is 4.92 Å². The van der Waals surface area contributed by atoms with Crippen LogP contribution in [0.2, 0.25) is 0 Å². The van der Waals surface area contributed by atoms with Crippen LogP contribution in [0.15, 0.2) is 48.5 Å². The SMILES string of the molecule is CCC(=O)c1ccc([N+](=O)[O-])cc1NCc1ccccc1. The van der Waals surface area contributed by atoms with Crippen molar-refractivity contribution in [3.63, 3.8) is 0 Å². The van der Waals surface area contributed by atoms with Crippen molar-refractivity contribution < 1.29 is 9.72 Å². The number of rotatable bonds is 6. The second-order valence-electron chi connectivity index (χ2n) is 4.60. The lowest BCUT2D eigenvalue weighted by molar-refractivity contribution is -0.384. The summed E-state index contributed by atoms with van der Waals surface area (Å²) in [6, 6.07) is 13.9. The second-order valence-corrected chi connectivity index (χ2v) is 4.60. The van der Waals surface area contributed by atoms with Crippen LogP contribution in [-0.2, 0) is 6.54 Å². The van der Waals surface area contributed by atoms with Crippen molar-refractivity contribution in [2.75, 3.05) is 5.32 Å². The highest BCUT2D eigenvalue weighted by Crippen LogP contribution is 2.24. The molecule has 0 heterocycles. The maximum absolute atomic E-state index is 11.9. The van der Waals surface area contributed by atoms with Gasteiger partial charge < -0.3 is 5.32 Å². The van der Waals surface area contributed by atoms with Crippen LogP contribution in [0.1, 0.15) is 29.3 Å². The van der Waals surface area contributed by atoms with E-state index in [2.05, 4.69) is 5.32 Å². The largest absolute Gasteiger partial charge is 0.380 e. The molecule has 5 nitrogen and oxygen atoms in total. The smallest absolute Gasteiger partial charge is 0.271 e. The van der Waals surface area contributed by atoms with Gasteiger partial charge in [0.15, 0.2) is 5.78 Å². The number of nitro groups is 1. The lowest BCUT2D eigenvalue weighted by atomic mass is 10.1. The standard InChI is InChI=1S/C16H16N2O3/c1-2-16(19)14-9-8-13(18(20)21)10-15(14)17-11-12-6-4-3-5-7-12/h3-10,17H,2,11H2,1H3. The molecule has 0 fully saturated rings. The normalized spacial score (nSPS) is 10.1. The van der Waals surface area contributed by atoms with Gasteiger partial charge in [-0.25, -0.2) is 0 Å². The molecule has 0 atom stereocenters. The summed E-state index contributed by atoms with van der Waals surface area (Å²) in [5.41, 5.74) is 2.00. The molecular formula is C16H16N2O3. The Morgan fingerprint density at radius 3 is 2.52 bits per heavy atom. The maximum atomic E-state index is 11.9. The number of carbonyl (C=O) groups excluding carboxylic acids is 1. The number of nitrogens with one attached hydrogen (secondary N) is 1. The van der Waals surface area contributed by atoms with Crippen molar-refractivity contribution in [1.29, 1.82) is 0 Å². The molecule has 0 amide bonds. The number of hydrogen-bond donors (Lipinski definition) is 1. The topological polar surface area (TPSA) is 72.2 Å². The van der Waals surface area contributed by atoms with E-state index in [0.717, 1.165) is 5.56 Å². The number of Topliss-reactive ketones (excluding diaryl/α,β-unsaturated/α-hetero) is 1. The Hall–Kier alpha value is -2.69. The molecule has 0 aliphatic rings. The minimum atomic E-state index is -0.464. The van der Waals surface area contributed by atoms with Gasteiger partial charge in [0.1, 0.15) is 0 Å². The van der Waals surface area contributed by atoms with E-state index in [1.165, 1.54) is 18.2 Å². The van der Waals surface area contributed by atoms with Crippen molar-refractivity contribution in [3.8, 4) is 0 Å². The molecule has 0 aliphatic heterocycles. The first-order valence-electron chi connectivity index (χ1n) is 6.71. The lowest BCUT2D eigenvalue weighted by Gasteiger charge is -2.11. The third-order valence-electron chi connectivity index (χ3n) is 3.16. The van der Waals surface area contributed by atoms with Gasteiger partial charge in [-0.15, -0.1) is 0 Å². The fourth-order valence-electron chi connectivity index (χ4n) is 2.02. The summed E-state index contributed by atoms with van der Waals surface area (Å²) < 4.78 is 0. The van der Waals surface area contributed by atoms with E-state index in [0.29, 0.717) is 24.2 Å². The Labute approximate surface area is 122 Å². The Morgan fingerprint density at radius 2 is 1.90 bits per heavy atom. The third kappa shape index (κ3) is 3.66. The molecule has 0 aromatic heterocycles. The van der Waals surface area contributed by atoms with E-state index >= 15 is 0 Å². The van der Waals surface area contributed by atoms with Crippen molar-refractivity contribution in [1.82, 2.24) is 0 Å². The lowest BCUT2D eigenvalue weighted by Crippen LogP contribution is -2.07. The van der Waals surface area contributed by atoms with Gasteiger partial charge in [-0.1, -0.05) is 37.3 Å². The van der Waals surface area contributed by atoms with Gasteiger partial charge in [0, 0.05) is 30.7 Å². The molecule has 108 valence electrons. The molecule has 2 rings (SSSR count). The van der Waals surface area contributed by atoms with Gasteiger partial charge in [0.05, 0.1) is 10.6 Å². The first-order valence-corrected chi connectivity index (χ1v) is 6.71. The number of nitrogens with zero attached hydrogens (tertiary/aromatic N) is 1. The van der Waals surface area contributed by atoms with Gasteiger partial charge in [-0.05, 0) is 11.6 Å². The average Bonchev–Trinajstić information content (AvgIpc) is 2.52. The van der Waals surface area contributed by atoms with Crippen LogP contribution < -0.4 is 5.32 Å². The van der Waals surface area contributed by atoms with Crippen LogP contribution in [-0.4, -0.2) is 10.7 Å². The van der Waals surface area contributed by atoms with Crippen LogP contribution in [0.5, 0.6) is 0 Å². The van der Waals surface area contributed by atoms with E-state index in [-0.39, 0.29) is 11.5 Å². The highest BCUT2D eigenvalue weighted by molar-refractivity contribution is 6.01. The second kappa shape index (κ2) is 6.65. The molecule has 0 saturated carbocycles. The minimum absolute atomic E-state index is 0.0294. The highest BCUT2D eigenvalue weighted by atomic mass is 16.6. The molecule has 2 aromatic carbocycles. The van der Waals surface area contributed by atoms with Crippen molar-refractivity contribution in [3.05, 3.63) is 69.8 Å². The molecule has 21 heavy (non-hydrogen) atoms. The highest BCUT2D eigenvalue weighted by Gasteiger charge is 2.14. The van der Waals surface area contributed by atoms with Gasteiger partial charge in [-0.2, -0.15) is 0 Å². The van der Waals surface area contributed by atoms with Crippen LogP contribution in [0.4, 0.5) is 11.4 Å². The molecule has 0 aliphatic carbocycles. The first-order chi connectivity index (χ1) is 10.1. The number of ketones is 1. The Morgan fingerprint density at radius 1 is 1.19 bits per heavy atom. The minimum Gasteiger partial charge on any atom is -0.380 e. The molecule has 0 spiro atoms. The fourth-order valence-corrected chi connectivity index (χ4v) is 2.02. The maximum Gasteiger partial charge on any atom is 0.271 e. The summed E-state index contributed by atoms with van der Waals surface area (Å²) in [4.78, 5) is 22.3. The van der Waals surface area contributed by atoms with Gasteiger partial charge in [0.25, 0.3) is 5.69 Å². The Balaban J connectivity index is 2.27. The summed E-state index contributed by atoms with van der Waals surface area (Å²) in [6.45, 7) is 2.27. The number of hydrogen-bond acceptors (Lipinski definition) is 4. The molecular weight excluding hydrogens is 268 g/mol. The summed E-state index contributed by atoms with van der Waals surface area (Å²) >= 11 is 0. The Kier molecular flexibility index (Phi) is 4.66. The third-order valence-corrected chi connectivity index (χ3v) is 3.16. The summed E-state index contributed by atoms with van der Waals surface area (Å²) in [5, 5.41) is 14.0. The zero-order valence-corrected chi connectivity index (χ0v) is 11.7. The fraction of sp³-hybridized carbons (Fsp3) is 0.188. The van der Waals surface area contributed by atoms with Gasteiger partial charge >= 0.3 is 0 Å². The predicted octanol–water partition coefficient (Wildman–Crippen LogP) is 3.80. The summed E-state index contributed by atoms with van der Waals surface area (Å²) in [6.07, 6.45) is 0.359. The number of nitro benzene ring substituents is 1. The Bertz CT molecular complexity index is 654. The molecule has 1 N–H and O–H groups in total. The van der Waals surface area contributed by atoms with Gasteiger partial charge in [-0.3, -0.25) is 14.9 Å². The van der Waals surface area contributed by atoms with Crippen molar-refractivity contribution >= 4 is 17.2 Å². The van der Waals surface area contributed by atoms with Crippen LogP contribution in [0.3, 0.4) is 0 Å². The van der Waals surface area contributed by atoms with E-state index in [1.54, 1.807) is 6.92 Å². The molecule has 0 bridgehead atoms. The van der Waals surface area contributed by atoms with Gasteiger partial charge in [0.2, 0.25) is 0 Å². The van der Waals surface area contributed by atoms with E-state index in [9.17, 15) is 14.9 Å². The van der Waals surface area contributed by atoms with Crippen LogP contribution in [0, 0.1) is 10.1 Å². The number of benzene rings is 2.